The van der Waals surface area contributed by atoms with Gasteiger partial charge in [0.25, 0.3) is 0 Å². The number of H-pyrrole nitrogens is 2. The Labute approximate surface area is 216 Å². The van der Waals surface area contributed by atoms with E-state index in [0.717, 1.165) is 47.9 Å². The second-order valence-corrected chi connectivity index (χ2v) is 9.62. The lowest BCUT2D eigenvalue weighted by Gasteiger charge is -2.14. The fraction of sp³-hybridized carbons (Fsp3) is 0.179. The Morgan fingerprint density at radius 2 is 1.76 bits per heavy atom. The van der Waals surface area contributed by atoms with Gasteiger partial charge in [0, 0.05) is 47.7 Å². The second-order valence-electron chi connectivity index (χ2n) is 9.62. The SMILES string of the molecule is Oc1cc(F)cc(-c2cncc3[nH]c(-c4n[nH]c5cnc(-c6cncc(CN7CCCC7)c6)cc45)nc23)c1. The molecule has 1 aromatic carbocycles. The van der Waals surface area contributed by atoms with E-state index in [1.807, 2.05) is 18.5 Å². The number of pyridine rings is 3. The van der Waals surface area contributed by atoms with Crippen molar-refractivity contribution in [1.82, 2.24) is 40.0 Å². The summed E-state index contributed by atoms with van der Waals surface area (Å²) in [4.78, 5) is 23.9. The Morgan fingerprint density at radius 1 is 0.895 bits per heavy atom. The minimum Gasteiger partial charge on any atom is -0.508 e. The molecule has 0 atom stereocenters. The summed E-state index contributed by atoms with van der Waals surface area (Å²) in [6.45, 7) is 3.14. The fourth-order valence-corrected chi connectivity index (χ4v) is 5.15. The van der Waals surface area contributed by atoms with Gasteiger partial charge < -0.3 is 10.1 Å². The first-order valence-corrected chi connectivity index (χ1v) is 12.5. The van der Waals surface area contributed by atoms with Crippen molar-refractivity contribution in [3.05, 3.63) is 72.7 Å². The first-order valence-electron chi connectivity index (χ1n) is 12.5. The van der Waals surface area contributed by atoms with Crippen molar-refractivity contribution in [3.8, 4) is 39.7 Å². The molecule has 7 rings (SSSR count). The number of rotatable bonds is 5. The van der Waals surface area contributed by atoms with Gasteiger partial charge in [0.15, 0.2) is 5.82 Å². The summed E-state index contributed by atoms with van der Waals surface area (Å²) < 4.78 is 14.0. The van der Waals surface area contributed by atoms with Gasteiger partial charge >= 0.3 is 0 Å². The lowest BCUT2D eigenvalue weighted by molar-refractivity contribution is 0.331. The number of aromatic amines is 2. The van der Waals surface area contributed by atoms with Crippen molar-refractivity contribution in [2.45, 2.75) is 19.4 Å². The first kappa shape index (κ1) is 22.5. The molecule has 1 fully saturated rings. The highest BCUT2D eigenvalue weighted by Crippen LogP contribution is 2.33. The maximum atomic E-state index is 14.0. The highest BCUT2D eigenvalue weighted by molar-refractivity contribution is 5.97. The molecule has 0 spiro atoms. The molecule has 0 amide bonds. The molecule has 188 valence electrons. The molecule has 9 nitrogen and oxygen atoms in total. The summed E-state index contributed by atoms with van der Waals surface area (Å²) in [5.41, 5.74) is 6.67. The van der Waals surface area contributed by atoms with Crippen LogP contribution in [0.3, 0.4) is 0 Å². The van der Waals surface area contributed by atoms with Crippen LogP contribution >= 0.6 is 0 Å². The smallest absolute Gasteiger partial charge is 0.159 e. The van der Waals surface area contributed by atoms with E-state index in [9.17, 15) is 9.50 Å². The van der Waals surface area contributed by atoms with Crippen LogP contribution in [0, 0.1) is 5.82 Å². The Kier molecular flexibility index (Phi) is 5.33. The Bertz CT molecular complexity index is 1780. The van der Waals surface area contributed by atoms with Crippen LogP contribution in [0.25, 0.3) is 55.8 Å². The number of aromatic nitrogens is 7. The summed E-state index contributed by atoms with van der Waals surface area (Å²) in [6.07, 6.45) is 11.3. The lowest BCUT2D eigenvalue weighted by atomic mass is 10.1. The van der Waals surface area contributed by atoms with Crippen molar-refractivity contribution in [2.24, 2.45) is 0 Å². The summed E-state index contributed by atoms with van der Waals surface area (Å²) in [5.74, 6) is -0.158. The largest absolute Gasteiger partial charge is 0.508 e. The molecule has 5 aromatic heterocycles. The number of likely N-dealkylation sites (tertiary alicyclic amines) is 1. The lowest BCUT2D eigenvalue weighted by Crippen LogP contribution is -2.18. The van der Waals surface area contributed by atoms with Crippen molar-refractivity contribution in [3.63, 3.8) is 0 Å². The Balaban J connectivity index is 1.28. The minimum atomic E-state index is -0.537. The topological polar surface area (TPSA) is 120 Å². The van der Waals surface area contributed by atoms with E-state index in [0.29, 0.717) is 33.7 Å². The molecule has 1 aliphatic heterocycles. The van der Waals surface area contributed by atoms with Gasteiger partial charge in [-0.2, -0.15) is 5.10 Å². The zero-order chi connectivity index (χ0) is 25.6. The number of hydrogen-bond donors (Lipinski definition) is 3. The van der Waals surface area contributed by atoms with Crippen LogP contribution in [-0.2, 0) is 6.54 Å². The average Bonchev–Trinajstić information content (AvgIpc) is 3.67. The van der Waals surface area contributed by atoms with Crippen LogP contribution < -0.4 is 0 Å². The van der Waals surface area contributed by atoms with Crippen molar-refractivity contribution in [1.29, 1.82) is 0 Å². The van der Waals surface area contributed by atoms with Crippen LogP contribution in [0.15, 0.2) is 61.3 Å². The highest BCUT2D eigenvalue weighted by Gasteiger charge is 2.18. The third-order valence-corrected chi connectivity index (χ3v) is 6.95. The van der Waals surface area contributed by atoms with Gasteiger partial charge in [-0.1, -0.05) is 0 Å². The van der Waals surface area contributed by atoms with Crippen molar-refractivity contribution >= 4 is 21.9 Å². The minimum absolute atomic E-state index is 0.162. The molecule has 1 saturated heterocycles. The molecule has 6 heterocycles. The number of aromatic hydroxyl groups is 1. The van der Waals surface area contributed by atoms with Gasteiger partial charge in [0.05, 0.1) is 34.6 Å². The maximum absolute atomic E-state index is 14.0. The summed E-state index contributed by atoms with van der Waals surface area (Å²) >= 11 is 0. The molecule has 0 radical (unpaired) electrons. The van der Waals surface area contributed by atoms with E-state index >= 15 is 0 Å². The van der Waals surface area contributed by atoms with E-state index in [-0.39, 0.29) is 5.75 Å². The predicted octanol–water partition coefficient (Wildman–Crippen LogP) is 5.07. The number of nitrogens with one attached hydrogen (secondary N) is 2. The van der Waals surface area contributed by atoms with Crippen molar-refractivity contribution < 1.29 is 9.50 Å². The van der Waals surface area contributed by atoms with E-state index in [4.69, 9.17) is 4.98 Å². The molecule has 3 N–H and O–H groups in total. The maximum Gasteiger partial charge on any atom is 0.159 e. The molecule has 1 aliphatic rings. The number of fused-ring (bicyclic) bond motifs is 2. The Hall–Kier alpha value is -4.70. The molecule has 6 aromatic rings. The molecular formula is C28H23FN8O. The number of halogens is 1. The van der Waals surface area contributed by atoms with Gasteiger partial charge in [0.1, 0.15) is 17.3 Å². The van der Waals surface area contributed by atoms with Gasteiger partial charge in [-0.15, -0.1) is 0 Å². The molecule has 0 aliphatic carbocycles. The average molecular weight is 507 g/mol. The fourth-order valence-electron chi connectivity index (χ4n) is 5.15. The third-order valence-electron chi connectivity index (χ3n) is 6.95. The number of hydrogen-bond acceptors (Lipinski definition) is 7. The van der Waals surface area contributed by atoms with Crippen LogP contribution in [0.2, 0.25) is 0 Å². The van der Waals surface area contributed by atoms with Gasteiger partial charge in [-0.05, 0) is 61.3 Å². The van der Waals surface area contributed by atoms with E-state index in [1.165, 1.54) is 30.5 Å². The van der Waals surface area contributed by atoms with Gasteiger partial charge in [-0.3, -0.25) is 25.0 Å². The molecular weight excluding hydrogens is 483 g/mol. The monoisotopic (exact) mass is 506 g/mol. The first-order chi connectivity index (χ1) is 18.6. The van der Waals surface area contributed by atoms with Crippen molar-refractivity contribution in [2.75, 3.05) is 13.1 Å². The van der Waals surface area contributed by atoms with Crippen LogP contribution in [-0.4, -0.2) is 58.2 Å². The Morgan fingerprint density at radius 3 is 2.63 bits per heavy atom. The highest BCUT2D eigenvalue weighted by atomic mass is 19.1. The molecule has 10 heteroatoms. The van der Waals surface area contributed by atoms with Gasteiger partial charge in [0.2, 0.25) is 0 Å². The standard InChI is InChI=1S/C28H23FN8O/c29-19-6-17(7-20(38)8-19)22-12-31-13-25-26(22)34-28(33-25)27-21-9-23(32-14-24(21)35-36-27)18-5-16(10-30-11-18)15-37-3-1-2-4-37/h5-14,38H,1-4,15H2,(H,33,34)(H,35,36). The van der Waals surface area contributed by atoms with Crippen LogP contribution in [0.1, 0.15) is 18.4 Å². The van der Waals surface area contributed by atoms with E-state index in [1.54, 1.807) is 18.6 Å². The second kappa shape index (κ2) is 9.00. The predicted molar refractivity (Wildman–Crippen MR) is 142 cm³/mol. The normalized spacial score (nSPS) is 14.1. The quantitative estimate of drug-likeness (QED) is 0.299. The summed E-state index contributed by atoms with van der Waals surface area (Å²) in [5, 5.41) is 18.3. The molecule has 0 saturated carbocycles. The third kappa shape index (κ3) is 4.04. The molecule has 0 unspecified atom stereocenters. The zero-order valence-corrected chi connectivity index (χ0v) is 20.3. The number of imidazole rings is 1. The molecule has 0 bridgehead atoms. The van der Waals surface area contributed by atoms with Crippen LogP contribution in [0.5, 0.6) is 5.75 Å². The number of nitrogens with zero attached hydrogens (tertiary/aromatic N) is 6. The molecule has 38 heavy (non-hydrogen) atoms. The summed E-state index contributed by atoms with van der Waals surface area (Å²) in [7, 11) is 0. The van der Waals surface area contributed by atoms with Crippen LogP contribution in [0.4, 0.5) is 4.39 Å². The number of phenolic OH excluding ortho intramolecular Hbond substituents is 1. The number of benzene rings is 1. The van der Waals surface area contributed by atoms with E-state index in [2.05, 4.69) is 41.1 Å². The zero-order valence-electron chi connectivity index (χ0n) is 20.3. The van der Waals surface area contributed by atoms with E-state index < -0.39 is 5.82 Å². The number of phenols is 1. The summed E-state index contributed by atoms with van der Waals surface area (Å²) in [6, 6.07) is 8.03. The van der Waals surface area contributed by atoms with Gasteiger partial charge in [-0.25, -0.2) is 9.37 Å².